The summed E-state index contributed by atoms with van der Waals surface area (Å²) in [6, 6.07) is 15.7. The minimum absolute atomic E-state index is 0.124. The van der Waals surface area contributed by atoms with Crippen LogP contribution in [0.1, 0.15) is 50.4 Å². The Morgan fingerprint density at radius 3 is 2.57 bits per heavy atom. The number of methoxy groups -OCH3 is 1. The lowest BCUT2D eigenvalue weighted by molar-refractivity contribution is -0.139. The largest absolute Gasteiger partial charge is 0.493 e. The fourth-order valence-electron chi connectivity index (χ4n) is 5.05. The third-order valence-electron chi connectivity index (χ3n) is 7.01. The highest BCUT2D eigenvalue weighted by Gasteiger charge is 2.35. The summed E-state index contributed by atoms with van der Waals surface area (Å²) >= 11 is 15.6. The molecule has 0 saturated carbocycles. The number of hydrogen-bond donors (Lipinski definition) is 0. The first-order chi connectivity index (χ1) is 22.0. The summed E-state index contributed by atoms with van der Waals surface area (Å²) in [6.07, 6.45) is 1.66. The van der Waals surface area contributed by atoms with Crippen LogP contribution in [0.5, 0.6) is 17.2 Å². The zero-order valence-electron chi connectivity index (χ0n) is 25.7. The number of esters is 1. The van der Waals surface area contributed by atoms with Crippen LogP contribution in [0.25, 0.3) is 6.08 Å². The van der Waals surface area contributed by atoms with Gasteiger partial charge in [0.15, 0.2) is 16.3 Å². The van der Waals surface area contributed by atoms with Crippen molar-refractivity contribution in [2.24, 2.45) is 4.99 Å². The molecular formula is C34H31Cl2IN2O6S. The average molecular weight is 794 g/mol. The van der Waals surface area contributed by atoms with Gasteiger partial charge in [-0.15, -0.1) is 0 Å². The standard InChI is InChI=1S/C34H31Cl2IN2O6S/c1-6-43-33(41)29-19(4)38-34-39(30(29)22-9-7-8-10-26(22)45-18(2)3)32(40)28(46-34)16-21-14-25(37)31(27(15-21)42-5)44-17-20-11-12-23(35)24(36)13-20/h7-16,18,30H,6,17H2,1-5H3/b28-16+/t30-/m0/s1. The van der Waals surface area contributed by atoms with Crippen LogP contribution in [0, 0.1) is 3.57 Å². The van der Waals surface area contributed by atoms with E-state index in [2.05, 4.69) is 27.6 Å². The Morgan fingerprint density at radius 1 is 1.11 bits per heavy atom. The van der Waals surface area contributed by atoms with Crippen molar-refractivity contribution in [1.29, 1.82) is 0 Å². The van der Waals surface area contributed by atoms with Crippen molar-refractivity contribution in [3.05, 3.63) is 116 Å². The molecule has 240 valence electrons. The molecule has 1 aliphatic rings. The summed E-state index contributed by atoms with van der Waals surface area (Å²) in [7, 11) is 1.56. The minimum Gasteiger partial charge on any atom is -0.493 e. The fraction of sp³-hybridized carbons (Fsp3) is 0.265. The van der Waals surface area contributed by atoms with Gasteiger partial charge in [0.05, 0.1) is 49.2 Å². The van der Waals surface area contributed by atoms with E-state index in [0.717, 1.165) is 14.7 Å². The summed E-state index contributed by atoms with van der Waals surface area (Å²) in [5, 5.41) is 0.919. The number of carbonyl (C=O) groups excluding carboxylic acids is 1. The summed E-state index contributed by atoms with van der Waals surface area (Å²) < 4.78 is 26.1. The average Bonchev–Trinajstić information content (AvgIpc) is 3.31. The molecule has 2 heterocycles. The highest BCUT2D eigenvalue weighted by atomic mass is 127. The predicted octanol–water partition coefficient (Wildman–Crippen LogP) is 7.08. The van der Waals surface area contributed by atoms with Gasteiger partial charge in [-0.1, -0.05) is 58.8 Å². The Bertz CT molecular complexity index is 2020. The van der Waals surface area contributed by atoms with E-state index in [0.29, 0.717) is 53.5 Å². The van der Waals surface area contributed by atoms with Crippen LogP contribution in [0.15, 0.2) is 75.7 Å². The topological polar surface area (TPSA) is 88.4 Å². The molecule has 0 amide bonds. The number of benzene rings is 3. The van der Waals surface area contributed by atoms with Gasteiger partial charge in [0.1, 0.15) is 18.4 Å². The predicted molar refractivity (Wildman–Crippen MR) is 189 cm³/mol. The molecule has 0 radical (unpaired) electrons. The molecule has 0 saturated heterocycles. The Morgan fingerprint density at radius 2 is 1.87 bits per heavy atom. The Hall–Kier alpha value is -3.32. The molecule has 0 spiro atoms. The lowest BCUT2D eigenvalue weighted by Gasteiger charge is -2.26. The van der Waals surface area contributed by atoms with Gasteiger partial charge in [-0.05, 0) is 97.8 Å². The van der Waals surface area contributed by atoms with Gasteiger partial charge in [0.25, 0.3) is 5.56 Å². The van der Waals surface area contributed by atoms with Crippen molar-refractivity contribution in [2.75, 3.05) is 13.7 Å². The maximum atomic E-state index is 14.2. The van der Waals surface area contributed by atoms with Gasteiger partial charge in [-0.25, -0.2) is 9.79 Å². The number of rotatable bonds is 10. The van der Waals surface area contributed by atoms with Crippen molar-refractivity contribution in [1.82, 2.24) is 4.57 Å². The Kier molecular flexibility index (Phi) is 10.8. The number of allylic oxidation sites excluding steroid dienone is 1. The molecule has 46 heavy (non-hydrogen) atoms. The van der Waals surface area contributed by atoms with Gasteiger partial charge in [0, 0.05) is 5.56 Å². The lowest BCUT2D eigenvalue weighted by atomic mass is 9.95. The Balaban J connectivity index is 1.59. The number of aromatic nitrogens is 1. The third-order valence-corrected chi connectivity index (χ3v) is 9.53. The highest BCUT2D eigenvalue weighted by molar-refractivity contribution is 14.1. The van der Waals surface area contributed by atoms with Crippen molar-refractivity contribution in [3.63, 3.8) is 0 Å². The number of hydrogen-bond acceptors (Lipinski definition) is 8. The second kappa shape index (κ2) is 14.6. The molecule has 1 aliphatic heterocycles. The molecule has 4 aromatic rings. The van der Waals surface area contributed by atoms with Crippen LogP contribution in [0.3, 0.4) is 0 Å². The van der Waals surface area contributed by atoms with Crippen molar-refractivity contribution in [3.8, 4) is 17.2 Å². The first-order valence-corrected chi connectivity index (χ1v) is 17.1. The molecule has 0 unspecified atom stereocenters. The second-order valence-electron chi connectivity index (χ2n) is 10.6. The van der Waals surface area contributed by atoms with Crippen LogP contribution < -0.4 is 29.1 Å². The molecule has 1 atom stereocenters. The summed E-state index contributed by atoms with van der Waals surface area (Å²) in [6.45, 7) is 7.79. The van der Waals surface area contributed by atoms with E-state index >= 15 is 0 Å². The summed E-state index contributed by atoms with van der Waals surface area (Å²) in [5.74, 6) is 1.11. The van der Waals surface area contributed by atoms with E-state index in [9.17, 15) is 9.59 Å². The molecule has 8 nitrogen and oxygen atoms in total. The first-order valence-electron chi connectivity index (χ1n) is 14.4. The highest BCUT2D eigenvalue weighted by Crippen LogP contribution is 2.37. The molecule has 1 aromatic heterocycles. The SMILES string of the molecule is CCOC(=O)C1=C(C)N=c2s/c(=C/c3cc(I)c(OCc4ccc(Cl)c(Cl)c4)c(OC)c3)c(=O)n2[C@H]1c1ccccc1OC(C)C. The molecule has 0 bridgehead atoms. The number of para-hydroxylation sites is 1. The van der Waals surface area contributed by atoms with Crippen LogP contribution in [0.2, 0.25) is 10.0 Å². The number of carbonyl (C=O) groups is 1. The quantitative estimate of drug-likeness (QED) is 0.126. The van der Waals surface area contributed by atoms with Crippen molar-refractivity contribution >= 4 is 69.2 Å². The number of halogens is 3. The van der Waals surface area contributed by atoms with Gasteiger partial charge >= 0.3 is 5.97 Å². The van der Waals surface area contributed by atoms with E-state index in [1.807, 2.05) is 56.3 Å². The molecule has 5 rings (SSSR count). The van der Waals surface area contributed by atoms with E-state index in [-0.39, 0.29) is 24.9 Å². The number of thiazole rings is 1. The molecule has 3 aromatic carbocycles. The van der Waals surface area contributed by atoms with E-state index < -0.39 is 12.0 Å². The lowest BCUT2D eigenvalue weighted by Crippen LogP contribution is -2.40. The third kappa shape index (κ3) is 7.15. The number of fused-ring (bicyclic) bond motifs is 1. The van der Waals surface area contributed by atoms with Crippen LogP contribution in [0.4, 0.5) is 0 Å². The Labute approximate surface area is 294 Å². The van der Waals surface area contributed by atoms with Gasteiger partial charge in [-0.2, -0.15) is 0 Å². The zero-order chi connectivity index (χ0) is 33.1. The molecule has 12 heteroatoms. The normalized spacial score (nSPS) is 14.6. The summed E-state index contributed by atoms with van der Waals surface area (Å²) in [4.78, 5) is 32.6. The van der Waals surface area contributed by atoms with E-state index in [1.54, 1.807) is 43.7 Å². The smallest absolute Gasteiger partial charge is 0.338 e. The van der Waals surface area contributed by atoms with E-state index in [1.165, 1.54) is 11.3 Å². The molecule has 0 N–H and O–H groups in total. The summed E-state index contributed by atoms with van der Waals surface area (Å²) in [5.41, 5.74) is 2.73. The van der Waals surface area contributed by atoms with Crippen LogP contribution >= 0.6 is 57.1 Å². The molecule has 0 aliphatic carbocycles. The number of ether oxygens (including phenoxy) is 4. The monoisotopic (exact) mass is 792 g/mol. The maximum Gasteiger partial charge on any atom is 0.338 e. The van der Waals surface area contributed by atoms with Gasteiger partial charge < -0.3 is 18.9 Å². The molecule has 0 fully saturated rings. The van der Waals surface area contributed by atoms with E-state index in [4.69, 9.17) is 42.1 Å². The zero-order valence-corrected chi connectivity index (χ0v) is 30.2. The van der Waals surface area contributed by atoms with Crippen molar-refractivity contribution < 1.29 is 23.7 Å². The van der Waals surface area contributed by atoms with Crippen LogP contribution in [-0.4, -0.2) is 30.4 Å². The second-order valence-corrected chi connectivity index (χ2v) is 13.6. The molecular weight excluding hydrogens is 762 g/mol. The number of nitrogens with zero attached hydrogens (tertiary/aromatic N) is 2. The fourth-order valence-corrected chi connectivity index (χ4v) is 7.20. The van der Waals surface area contributed by atoms with Gasteiger partial charge in [0.2, 0.25) is 0 Å². The minimum atomic E-state index is -0.792. The van der Waals surface area contributed by atoms with Crippen molar-refractivity contribution in [2.45, 2.75) is 46.4 Å². The van der Waals surface area contributed by atoms with Crippen LogP contribution in [-0.2, 0) is 16.1 Å². The maximum absolute atomic E-state index is 14.2. The first kappa shape index (κ1) is 34.0. The van der Waals surface area contributed by atoms with Gasteiger partial charge in [-0.3, -0.25) is 9.36 Å².